The van der Waals surface area contributed by atoms with Gasteiger partial charge in [-0.05, 0) is 62.4 Å². The molecule has 0 radical (unpaired) electrons. The van der Waals surface area contributed by atoms with E-state index >= 15 is 0 Å². The quantitative estimate of drug-likeness (QED) is 0.233. The van der Waals surface area contributed by atoms with E-state index in [9.17, 15) is 0 Å². The fraction of sp³-hybridized carbons (Fsp3) is 0.111. The maximum Gasteiger partial charge on any atom is 0.160 e. The van der Waals surface area contributed by atoms with Crippen LogP contribution in [-0.2, 0) is 5.54 Å². The lowest BCUT2D eigenvalue weighted by atomic mass is 9.93. The lowest BCUT2D eigenvalue weighted by Gasteiger charge is -2.28. The van der Waals surface area contributed by atoms with Crippen molar-refractivity contribution in [3.05, 3.63) is 133 Å². The number of hydrogen-bond acceptors (Lipinski definition) is 5. The molecule has 3 aromatic carbocycles. The zero-order valence-corrected chi connectivity index (χ0v) is 23.3. The number of rotatable bonds is 4. The van der Waals surface area contributed by atoms with Crippen molar-refractivity contribution in [3.63, 3.8) is 0 Å². The number of benzene rings is 3. The van der Waals surface area contributed by atoms with E-state index in [2.05, 4.69) is 91.1 Å². The Bertz CT molecular complexity index is 1990. The van der Waals surface area contributed by atoms with E-state index in [1.54, 1.807) is 0 Å². The van der Waals surface area contributed by atoms with Crippen LogP contribution in [0.1, 0.15) is 24.0 Å². The van der Waals surface area contributed by atoms with Crippen molar-refractivity contribution >= 4 is 21.8 Å². The third kappa shape index (κ3) is 4.55. The van der Waals surface area contributed by atoms with Gasteiger partial charge in [-0.1, -0.05) is 84.9 Å². The molecule has 0 saturated carbocycles. The largest absolute Gasteiger partial charge is 0.377 e. The molecule has 0 saturated heterocycles. The van der Waals surface area contributed by atoms with Gasteiger partial charge in [0.05, 0.1) is 28.0 Å². The predicted octanol–water partition coefficient (Wildman–Crippen LogP) is 8.08. The van der Waals surface area contributed by atoms with E-state index in [-0.39, 0.29) is 0 Å². The summed E-state index contributed by atoms with van der Waals surface area (Å²) in [7, 11) is 0. The second kappa shape index (κ2) is 9.79. The molecule has 5 heteroatoms. The Morgan fingerprint density at radius 2 is 1.39 bits per heavy atom. The van der Waals surface area contributed by atoms with Gasteiger partial charge in [0, 0.05) is 33.3 Å². The van der Waals surface area contributed by atoms with Crippen molar-refractivity contribution in [2.45, 2.75) is 26.3 Å². The summed E-state index contributed by atoms with van der Waals surface area (Å²) < 4.78 is 0. The van der Waals surface area contributed by atoms with Gasteiger partial charge in [-0.3, -0.25) is 9.97 Å². The Kier molecular flexibility index (Phi) is 5.93. The van der Waals surface area contributed by atoms with Crippen LogP contribution < -0.4 is 5.32 Å². The highest BCUT2D eigenvalue weighted by Gasteiger charge is 2.26. The molecule has 1 atom stereocenters. The van der Waals surface area contributed by atoms with Gasteiger partial charge in [0.1, 0.15) is 0 Å². The van der Waals surface area contributed by atoms with Crippen LogP contribution in [0.4, 0.5) is 0 Å². The van der Waals surface area contributed by atoms with Crippen molar-refractivity contribution in [2.75, 3.05) is 0 Å². The fourth-order valence-electron chi connectivity index (χ4n) is 5.47. The molecule has 0 aliphatic carbocycles. The van der Waals surface area contributed by atoms with E-state index < -0.39 is 5.54 Å². The van der Waals surface area contributed by atoms with E-state index in [1.165, 1.54) is 0 Å². The maximum absolute atomic E-state index is 5.06. The van der Waals surface area contributed by atoms with Crippen LogP contribution >= 0.6 is 0 Å². The molecule has 1 unspecified atom stereocenters. The van der Waals surface area contributed by atoms with Crippen molar-refractivity contribution in [1.29, 1.82) is 0 Å². The Morgan fingerprint density at radius 1 is 0.634 bits per heavy atom. The van der Waals surface area contributed by atoms with Crippen molar-refractivity contribution in [2.24, 2.45) is 0 Å². The summed E-state index contributed by atoms with van der Waals surface area (Å²) in [4.78, 5) is 19.8. The van der Waals surface area contributed by atoms with Crippen LogP contribution in [-0.4, -0.2) is 19.9 Å². The van der Waals surface area contributed by atoms with Gasteiger partial charge in [-0.2, -0.15) is 0 Å². The summed E-state index contributed by atoms with van der Waals surface area (Å²) in [5.41, 5.74) is 9.48. The molecular formula is C36H29N5. The third-order valence-electron chi connectivity index (χ3n) is 7.71. The molecular weight excluding hydrogens is 502 g/mol. The highest BCUT2D eigenvalue weighted by molar-refractivity contribution is 6.08. The van der Waals surface area contributed by atoms with Crippen molar-refractivity contribution in [3.8, 4) is 33.8 Å². The van der Waals surface area contributed by atoms with Crippen LogP contribution in [0.15, 0.2) is 115 Å². The second-order valence-electron chi connectivity index (χ2n) is 10.8. The first kappa shape index (κ1) is 24.9. The summed E-state index contributed by atoms with van der Waals surface area (Å²) in [6, 6.07) is 31.5. The average Bonchev–Trinajstić information content (AvgIpc) is 3.01. The minimum Gasteiger partial charge on any atom is -0.377 e. The third-order valence-corrected chi connectivity index (χ3v) is 7.71. The molecule has 0 spiro atoms. The topological polar surface area (TPSA) is 63.6 Å². The minimum absolute atomic E-state index is 0.432. The number of pyridine rings is 2. The Balaban J connectivity index is 1.34. The highest BCUT2D eigenvalue weighted by atomic mass is 15.0. The van der Waals surface area contributed by atoms with Gasteiger partial charge in [0.2, 0.25) is 0 Å². The lowest BCUT2D eigenvalue weighted by Crippen LogP contribution is -2.36. The fourth-order valence-corrected chi connectivity index (χ4v) is 5.47. The highest BCUT2D eigenvalue weighted by Crippen LogP contribution is 2.34. The number of aryl methyl sites for hydroxylation is 2. The summed E-state index contributed by atoms with van der Waals surface area (Å²) in [6.45, 7) is 6.19. The molecule has 4 heterocycles. The Morgan fingerprint density at radius 3 is 2.17 bits per heavy atom. The maximum atomic E-state index is 5.06. The standard InChI is InChI=1S/C36H29N5/c1-23-11-12-27-17-18-29-30(21-24(2)39-34(29)33(27)38-23)25-13-15-28(16-14-25)35-40-31(26-9-5-4-6-10-26)22-32(41-35)36(3)19-7-8-20-37-36/h4-22,37H,1-3H3. The summed E-state index contributed by atoms with van der Waals surface area (Å²) in [6.07, 6.45) is 8.13. The molecule has 0 fully saturated rings. The molecule has 198 valence electrons. The van der Waals surface area contributed by atoms with E-state index in [1.807, 2.05) is 50.4 Å². The van der Waals surface area contributed by atoms with E-state index in [0.717, 1.165) is 66.8 Å². The molecule has 1 aliphatic heterocycles. The zero-order chi connectivity index (χ0) is 28.0. The van der Waals surface area contributed by atoms with Gasteiger partial charge >= 0.3 is 0 Å². The van der Waals surface area contributed by atoms with Crippen LogP contribution in [0.5, 0.6) is 0 Å². The van der Waals surface area contributed by atoms with Crippen LogP contribution in [0.3, 0.4) is 0 Å². The minimum atomic E-state index is -0.432. The Hall–Kier alpha value is -5.16. The van der Waals surface area contributed by atoms with Gasteiger partial charge < -0.3 is 5.32 Å². The first-order valence-electron chi connectivity index (χ1n) is 13.8. The number of allylic oxidation sites excluding steroid dienone is 2. The first-order chi connectivity index (χ1) is 20.0. The smallest absolute Gasteiger partial charge is 0.160 e. The van der Waals surface area contributed by atoms with E-state index in [4.69, 9.17) is 19.9 Å². The Labute approximate surface area is 239 Å². The molecule has 41 heavy (non-hydrogen) atoms. The number of aromatic nitrogens is 4. The zero-order valence-electron chi connectivity index (χ0n) is 23.3. The van der Waals surface area contributed by atoms with Crippen LogP contribution in [0, 0.1) is 13.8 Å². The van der Waals surface area contributed by atoms with Gasteiger partial charge in [-0.25, -0.2) is 9.97 Å². The molecule has 0 bridgehead atoms. The SMILES string of the molecule is Cc1ccc2ccc3c(-c4ccc(-c5nc(-c6ccccc6)cc(C6(C)C=CC=CN6)n5)cc4)cc(C)nc3c2n1. The monoisotopic (exact) mass is 531 g/mol. The van der Waals surface area contributed by atoms with Crippen LogP contribution in [0.25, 0.3) is 55.6 Å². The molecule has 3 aromatic heterocycles. The summed E-state index contributed by atoms with van der Waals surface area (Å²) >= 11 is 0. The molecule has 5 nitrogen and oxygen atoms in total. The van der Waals surface area contributed by atoms with Crippen LogP contribution in [0.2, 0.25) is 0 Å². The number of nitrogens with one attached hydrogen (secondary N) is 1. The lowest BCUT2D eigenvalue weighted by molar-refractivity contribution is 0.507. The molecule has 7 rings (SSSR count). The van der Waals surface area contributed by atoms with Crippen molar-refractivity contribution in [1.82, 2.24) is 25.3 Å². The molecule has 0 amide bonds. The summed E-state index contributed by atoms with van der Waals surface area (Å²) in [5.74, 6) is 0.695. The molecule has 1 aliphatic rings. The van der Waals surface area contributed by atoms with Gasteiger partial charge in [0.25, 0.3) is 0 Å². The number of nitrogens with zero attached hydrogens (tertiary/aromatic N) is 4. The molecule has 6 aromatic rings. The molecule has 1 N–H and O–H groups in total. The summed E-state index contributed by atoms with van der Waals surface area (Å²) in [5, 5.41) is 5.66. The van der Waals surface area contributed by atoms with Gasteiger partial charge in [-0.15, -0.1) is 0 Å². The van der Waals surface area contributed by atoms with E-state index in [0.29, 0.717) is 5.82 Å². The normalized spacial score (nSPS) is 16.3. The van der Waals surface area contributed by atoms with Crippen molar-refractivity contribution < 1.29 is 0 Å². The second-order valence-corrected chi connectivity index (χ2v) is 10.8. The predicted molar refractivity (Wildman–Crippen MR) is 167 cm³/mol. The average molecular weight is 532 g/mol. The number of hydrogen-bond donors (Lipinski definition) is 1. The first-order valence-corrected chi connectivity index (χ1v) is 13.8. The number of dihydropyridines is 1. The van der Waals surface area contributed by atoms with Gasteiger partial charge in [0.15, 0.2) is 5.82 Å². The number of fused-ring (bicyclic) bond motifs is 3.